The molecule has 0 N–H and O–H groups in total. The highest BCUT2D eigenvalue weighted by molar-refractivity contribution is 9.09. The van der Waals surface area contributed by atoms with Crippen molar-refractivity contribution in [2.45, 2.75) is 13.0 Å². The van der Waals surface area contributed by atoms with Gasteiger partial charge in [0.15, 0.2) is 0 Å². The Kier molecular flexibility index (Phi) is 3.14. The standard InChI is InChI=1S/C11H11BrClN/c12-6-2-7-14-8-5-9-3-1-4-10(13)11(9)14/h1,3-5,8H,2,6-7H2. The predicted octanol–water partition coefficient (Wildman–Crippen LogP) is 4.08. The van der Waals surface area contributed by atoms with E-state index in [9.17, 15) is 0 Å². The molecule has 0 spiro atoms. The fourth-order valence-corrected chi connectivity index (χ4v) is 2.17. The van der Waals surface area contributed by atoms with Crippen molar-refractivity contribution in [2.75, 3.05) is 5.33 Å². The van der Waals surface area contributed by atoms with Crippen LogP contribution in [0.1, 0.15) is 6.42 Å². The summed E-state index contributed by atoms with van der Waals surface area (Å²) in [5.74, 6) is 0. The van der Waals surface area contributed by atoms with Crippen molar-refractivity contribution >= 4 is 38.4 Å². The van der Waals surface area contributed by atoms with Crippen molar-refractivity contribution in [1.29, 1.82) is 0 Å². The molecule has 0 aliphatic heterocycles. The Bertz CT molecular complexity index is 436. The molecule has 0 amide bonds. The molecule has 1 aromatic carbocycles. The van der Waals surface area contributed by atoms with E-state index in [-0.39, 0.29) is 0 Å². The third kappa shape index (κ3) is 1.82. The van der Waals surface area contributed by atoms with Gasteiger partial charge in [0.05, 0.1) is 10.5 Å². The monoisotopic (exact) mass is 271 g/mol. The molecule has 0 unspecified atom stereocenters. The third-order valence-electron chi connectivity index (χ3n) is 2.27. The van der Waals surface area contributed by atoms with Crippen LogP contribution in [0.2, 0.25) is 5.02 Å². The van der Waals surface area contributed by atoms with Gasteiger partial charge < -0.3 is 4.57 Å². The maximum Gasteiger partial charge on any atom is 0.0669 e. The molecule has 0 atom stereocenters. The van der Waals surface area contributed by atoms with Gasteiger partial charge in [-0.15, -0.1) is 0 Å². The molecule has 0 aliphatic carbocycles. The summed E-state index contributed by atoms with van der Waals surface area (Å²) in [6.07, 6.45) is 3.22. The molecule has 0 fully saturated rings. The maximum absolute atomic E-state index is 6.15. The van der Waals surface area contributed by atoms with Crippen molar-refractivity contribution in [1.82, 2.24) is 4.57 Å². The number of rotatable bonds is 3. The van der Waals surface area contributed by atoms with Gasteiger partial charge in [0.25, 0.3) is 0 Å². The molecule has 74 valence electrons. The summed E-state index contributed by atoms with van der Waals surface area (Å²) in [5, 5.41) is 3.08. The van der Waals surface area contributed by atoms with Crippen LogP contribution in [0.25, 0.3) is 10.9 Å². The second-order valence-electron chi connectivity index (χ2n) is 3.23. The Morgan fingerprint density at radius 1 is 1.29 bits per heavy atom. The van der Waals surface area contributed by atoms with Gasteiger partial charge in [-0.1, -0.05) is 39.7 Å². The van der Waals surface area contributed by atoms with Crippen LogP contribution in [0, 0.1) is 0 Å². The first-order valence-electron chi connectivity index (χ1n) is 4.62. The maximum atomic E-state index is 6.15. The number of para-hydroxylation sites is 1. The van der Waals surface area contributed by atoms with Crippen LogP contribution in [0.5, 0.6) is 0 Å². The van der Waals surface area contributed by atoms with Crippen LogP contribution in [-0.4, -0.2) is 9.90 Å². The first-order chi connectivity index (χ1) is 6.83. The highest BCUT2D eigenvalue weighted by Crippen LogP contribution is 2.24. The molecule has 0 saturated heterocycles. The first kappa shape index (κ1) is 10.1. The number of fused-ring (bicyclic) bond motifs is 1. The van der Waals surface area contributed by atoms with Gasteiger partial charge in [0.1, 0.15) is 0 Å². The lowest BCUT2D eigenvalue weighted by Crippen LogP contribution is -1.96. The van der Waals surface area contributed by atoms with Gasteiger partial charge in [-0.3, -0.25) is 0 Å². The summed E-state index contributed by atoms with van der Waals surface area (Å²) in [5.41, 5.74) is 1.15. The minimum Gasteiger partial charge on any atom is -0.346 e. The largest absolute Gasteiger partial charge is 0.346 e. The van der Waals surface area contributed by atoms with E-state index in [4.69, 9.17) is 11.6 Å². The lowest BCUT2D eigenvalue weighted by Gasteiger charge is -2.04. The van der Waals surface area contributed by atoms with E-state index in [0.717, 1.165) is 28.8 Å². The molecular formula is C11H11BrClN. The average molecular weight is 273 g/mol. The second-order valence-corrected chi connectivity index (χ2v) is 4.43. The molecule has 0 radical (unpaired) electrons. The zero-order valence-corrected chi connectivity index (χ0v) is 10.1. The number of hydrogen-bond acceptors (Lipinski definition) is 0. The van der Waals surface area contributed by atoms with Crippen LogP contribution in [0.15, 0.2) is 30.5 Å². The van der Waals surface area contributed by atoms with Crippen LogP contribution in [0.3, 0.4) is 0 Å². The summed E-state index contributed by atoms with van der Waals surface area (Å²) >= 11 is 9.58. The Balaban J connectivity index is 2.45. The summed E-state index contributed by atoms with van der Waals surface area (Å²) in [6, 6.07) is 8.12. The SMILES string of the molecule is Clc1cccc2ccn(CCCBr)c12. The molecule has 14 heavy (non-hydrogen) atoms. The van der Waals surface area contributed by atoms with Gasteiger partial charge in [0.2, 0.25) is 0 Å². The topological polar surface area (TPSA) is 4.93 Å². The quantitative estimate of drug-likeness (QED) is 0.742. The molecule has 2 rings (SSSR count). The molecule has 1 nitrogen and oxygen atoms in total. The lowest BCUT2D eigenvalue weighted by atomic mass is 10.2. The van der Waals surface area contributed by atoms with Crippen molar-refractivity contribution < 1.29 is 0 Å². The number of aryl methyl sites for hydroxylation is 1. The fourth-order valence-electron chi connectivity index (χ4n) is 1.63. The molecule has 3 heteroatoms. The Hall–Kier alpha value is -0.470. The lowest BCUT2D eigenvalue weighted by molar-refractivity contribution is 0.711. The van der Waals surface area contributed by atoms with Gasteiger partial charge in [-0.25, -0.2) is 0 Å². The predicted molar refractivity (Wildman–Crippen MR) is 65.4 cm³/mol. The molecular weight excluding hydrogens is 261 g/mol. The van der Waals surface area contributed by atoms with Crippen molar-refractivity contribution in [3.05, 3.63) is 35.5 Å². The van der Waals surface area contributed by atoms with Gasteiger partial charge in [-0.2, -0.15) is 0 Å². The van der Waals surface area contributed by atoms with E-state index >= 15 is 0 Å². The molecule has 0 saturated carbocycles. The average Bonchev–Trinajstić information content (AvgIpc) is 2.59. The summed E-state index contributed by atoms with van der Waals surface area (Å²) in [4.78, 5) is 0. The third-order valence-corrected chi connectivity index (χ3v) is 3.14. The number of hydrogen-bond donors (Lipinski definition) is 0. The molecule has 2 aromatic rings. The first-order valence-corrected chi connectivity index (χ1v) is 6.12. The van der Waals surface area contributed by atoms with Crippen molar-refractivity contribution in [3.63, 3.8) is 0 Å². The van der Waals surface area contributed by atoms with Gasteiger partial charge in [-0.05, 0) is 18.6 Å². The summed E-state index contributed by atoms with van der Waals surface area (Å²) in [7, 11) is 0. The van der Waals surface area contributed by atoms with E-state index in [2.05, 4.69) is 38.8 Å². The van der Waals surface area contributed by atoms with E-state index in [1.165, 1.54) is 5.39 Å². The van der Waals surface area contributed by atoms with Crippen LogP contribution >= 0.6 is 27.5 Å². The van der Waals surface area contributed by atoms with Crippen LogP contribution in [0.4, 0.5) is 0 Å². The van der Waals surface area contributed by atoms with E-state index < -0.39 is 0 Å². The Morgan fingerprint density at radius 3 is 2.93 bits per heavy atom. The zero-order chi connectivity index (χ0) is 9.97. The molecule has 1 aromatic heterocycles. The Labute approximate surface area is 96.8 Å². The number of benzene rings is 1. The smallest absolute Gasteiger partial charge is 0.0669 e. The van der Waals surface area contributed by atoms with Gasteiger partial charge in [0, 0.05) is 23.5 Å². The molecule has 0 aliphatic rings. The minimum absolute atomic E-state index is 0.835. The molecule has 0 bridgehead atoms. The number of aromatic nitrogens is 1. The zero-order valence-electron chi connectivity index (χ0n) is 7.71. The van der Waals surface area contributed by atoms with Crippen molar-refractivity contribution in [3.8, 4) is 0 Å². The van der Waals surface area contributed by atoms with E-state index in [0.29, 0.717) is 0 Å². The van der Waals surface area contributed by atoms with Crippen LogP contribution in [-0.2, 0) is 6.54 Å². The number of nitrogens with zero attached hydrogens (tertiary/aromatic N) is 1. The van der Waals surface area contributed by atoms with Crippen LogP contribution < -0.4 is 0 Å². The highest BCUT2D eigenvalue weighted by Gasteiger charge is 2.03. The number of alkyl halides is 1. The summed E-state index contributed by atoms with van der Waals surface area (Å²) in [6.45, 7) is 1.01. The molecule has 1 heterocycles. The van der Waals surface area contributed by atoms with Gasteiger partial charge >= 0.3 is 0 Å². The highest BCUT2D eigenvalue weighted by atomic mass is 79.9. The van der Waals surface area contributed by atoms with E-state index in [1.807, 2.05) is 12.1 Å². The number of halogens is 2. The van der Waals surface area contributed by atoms with Crippen molar-refractivity contribution in [2.24, 2.45) is 0 Å². The second kappa shape index (κ2) is 4.37. The summed E-state index contributed by atoms with van der Waals surface area (Å²) < 4.78 is 2.21. The minimum atomic E-state index is 0.835. The normalized spacial score (nSPS) is 11.0. The fraction of sp³-hybridized carbons (Fsp3) is 0.273. The van der Waals surface area contributed by atoms with E-state index in [1.54, 1.807) is 0 Å². The Morgan fingerprint density at radius 2 is 2.14 bits per heavy atom.